The Morgan fingerprint density at radius 2 is 0.900 bits per heavy atom. The Labute approximate surface area is 148 Å². The van der Waals surface area contributed by atoms with Crippen molar-refractivity contribution in [3.8, 4) is 0 Å². The minimum atomic E-state index is 0. The minimum Gasteiger partial charge on any atom is -0.298 e. The first kappa shape index (κ1) is 32.4. The largest absolute Gasteiger partial charge is 0.298 e. The van der Waals surface area contributed by atoms with Gasteiger partial charge in [-0.3, -0.25) is 4.99 Å². The minimum absolute atomic E-state index is 0. The zero-order chi connectivity index (χ0) is 15.9. The summed E-state index contributed by atoms with van der Waals surface area (Å²) in [6, 6.07) is 0. The number of hydrogen-bond donors (Lipinski definition) is 0. The molecule has 0 N–H and O–H groups in total. The Hall–Kier alpha value is 0.469. The fourth-order valence-electron chi connectivity index (χ4n) is 0.316. The molecule has 20 heavy (non-hydrogen) atoms. The molecule has 1 nitrogen and oxygen atoms in total. The summed E-state index contributed by atoms with van der Waals surface area (Å²) in [5.41, 5.74) is 0. The van der Waals surface area contributed by atoms with Crippen LogP contribution in [0.25, 0.3) is 0 Å². The fourth-order valence-corrected chi connectivity index (χ4v) is 0.316. The van der Waals surface area contributed by atoms with Crippen LogP contribution in [-0.2, 0) is 0 Å². The van der Waals surface area contributed by atoms with Gasteiger partial charge in [0.1, 0.15) is 0 Å². The SMILES string of the molecule is CCCC.CCCC.CCCC.CCN=CC(C)C.[Sn]. The zero-order valence-corrected chi connectivity index (χ0v) is 18.9. The zero-order valence-electron chi connectivity index (χ0n) is 16.1. The van der Waals surface area contributed by atoms with Crippen molar-refractivity contribution in [1.29, 1.82) is 0 Å². The number of hydrogen-bond acceptors (Lipinski definition) is 1. The summed E-state index contributed by atoms with van der Waals surface area (Å²) in [6.07, 6.45) is 9.89. The average Bonchev–Trinajstić information content (AvgIpc) is 2.45. The first-order valence-electron chi connectivity index (χ1n) is 8.51. The Morgan fingerprint density at radius 1 is 0.650 bits per heavy atom. The van der Waals surface area contributed by atoms with Gasteiger partial charge in [0.15, 0.2) is 0 Å². The number of aliphatic imine (C=N–C) groups is 1. The van der Waals surface area contributed by atoms with Gasteiger partial charge in [-0.05, 0) is 12.8 Å². The Balaban J connectivity index is -0.0000000512. The van der Waals surface area contributed by atoms with E-state index in [4.69, 9.17) is 0 Å². The third-order valence-electron chi connectivity index (χ3n) is 2.09. The quantitative estimate of drug-likeness (QED) is 0.362. The standard InChI is InChI=1S/C6H13N.3C4H10.Sn/c1-4-7-5-6(2)3;3*1-3-4-2;/h5-6H,4H2,1-3H3;3*3-4H2,1-2H3;. The molecule has 0 rings (SSSR count). The maximum atomic E-state index is 4.05. The van der Waals surface area contributed by atoms with E-state index in [1.807, 2.05) is 13.1 Å². The summed E-state index contributed by atoms with van der Waals surface area (Å²) in [5.74, 6) is 0.611. The summed E-state index contributed by atoms with van der Waals surface area (Å²) in [4.78, 5) is 4.05. The topological polar surface area (TPSA) is 12.4 Å². The molecule has 0 saturated heterocycles. The van der Waals surface area contributed by atoms with E-state index < -0.39 is 0 Å². The van der Waals surface area contributed by atoms with Gasteiger partial charge in [0.25, 0.3) is 0 Å². The normalized spacial score (nSPS) is 8.50. The van der Waals surface area contributed by atoms with Gasteiger partial charge in [-0.1, -0.05) is 93.9 Å². The number of unbranched alkanes of at least 4 members (excludes halogenated alkanes) is 3. The second kappa shape index (κ2) is 42.7. The van der Waals surface area contributed by atoms with E-state index in [0.717, 1.165) is 6.54 Å². The molecule has 0 saturated carbocycles. The summed E-state index contributed by atoms with van der Waals surface area (Å²) < 4.78 is 0. The third-order valence-corrected chi connectivity index (χ3v) is 2.09. The molecule has 0 aliphatic rings. The predicted molar refractivity (Wildman–Crippen MR) is 101 cm³/mol. The molecule has 0 amide bonds. The molecular formula is C18H43NSn. The first-order valence-corrected chi connectivity index (χ1v) is 8.51. The van der Waals surface area contributed by atoms with Gasteiger partial charge in [-0.15, -0.1) is 0 Å². The van der Waals surface area contributed by atoms with Crippen molar-refractivity contribution in [3.05, 3.63) is 0 Å². The molecule has 0 fully saturated rings. The molecule has 0 spiro atoms. The van der Waals surface area contributed by atoms with Crippen LogP contribution in [0.5, 0.6) is 0 Å². The van der Waals surface area contributed by atoms with Crippen molar-refractivity contribution in [2.75, 3.05) is 6.54 Å². The van der Waals surface area contributed by atoms with Crippen molar-refractivity contribution in [3.63, 3.8) is 0 Å². The molecule has 0 bridgehead atoms. The van der Waals surface area contributed by atoms with Crippen LogP contribution in [0.1, 0.15) is 101 Å². The second-order valence-corrected chi connectivity index (χ2v) is 4.89. The molecule has 0 heterocycles. The van der Waals surface area contributed by atoms with Gasteiger partial charge < -0.3 is 0 Å². The average molecular weight is 392 g/mol. The van der Waals surface area contributed by atoms with E-state index in [2.05, 4.69) is 60.4 Å². The third kappa shape index (κ3) is 101. The molecule has 0 aliphatic heterocycles. The molecule has 0 aromatic rings. The van der Waals surface area contributed by atoms with Crippen molar-refractivity contribution in [2.24, 2.45) is 10.9 Å². The monoisotopic (exact) mass is 393 g/mol. The molecule has 0 aromatic heterocycles. The summed E-state index contributed by atoms with van der Waals surface area (Å²) in [6.45, 7) is 20.3. The Morgan fingerprint density at radius 3 is 0.950 bits per heavy atom. The van der Waals surface area contributed by atoms with Gasteiger partial charge in [0, 0.05) is 36.7 Å². The van der Waals surface area contributed by atoms with Gasteiger partial charge in [-0.2, -0.15) is 0 Å². The molecule has 0 atom stereocenters. The van der Waals surface area contributed by atoms with Crippen molar-refractivity contribution in [1.82, 2.24) is 0 Å². The predicted octanol–water partition coefficient (Wildman–Crippen LogP) is 6.77. The molecular weight excluding hydrogens is 349 g/mol. The Bertz CT molecular complexity index is 107. The maximum Gasteiger partial charge on any atom is 0.0357 e. The van der Waals surface area contributed by atoms with Crippen LogP contribution in [0.3, 0.4) is 0 Å². The smallest absolute Gasteiger partial charge is 0.0357 e. The van der Waals surface area contributed by atoms with Crippen molar-refractivity contribution < 1.29 is 0 Å². The van der Waals surface area contributed by atoms with Crippen LogP contribution in [0.4, 0.5) is 0 Å². The summed E-state index contributed by atoms with van der Waals surface area (Å²) in [5, 5.41) is 0. The van der Waals surface area contributed by atoms with Gasteiger partial charge in [-0.25, -0.2) is 0 Å². The molecule has 2 heteroatoms. The van der Waals surface area contributed by atoms with Gasteiger partial charge >= 0.3 is 0 Å². The van der Waals surface area contributed by atoms with Crippen LogP contribution in [0.2, 0.25) is 0 Å². The van der Waals surface area contributed by atoms with E-state index in [1.165, 1.54) is 38.5 Å². The van der Waals surface area contributed by atoms with E-state index in [9.17, 15) is 0 Å². The van der Waals surface area contributed by atoms with Gasteiger partial charge in [0.2, 0.25) is 0 Å². The van der Waals surface area contributed by atoms with Crippen LogP contribution in [0, 0.1) is 5.92 Å². The summed E-state index contributed by atoms with van der Waals surface area (Å²) >= 11 is 0. The number of nitrogens with zero attached hydrogens (tertiary/aromatic N) is 1. The van der Waals surface area contributed by atoms with Gasteiger partial charge in [0.05, 0.1) is 0 Å². The van der Waals surface area contributed by atoms with Crippen molar-refractivity contribution in [2.45, 2.75) is 101 Å². The van der Waals surface area contributed by atoms with Crippen LogP contribution >= 0.6 is 0 Å². The Kier molecular flexibility index (Phi) is 69.2. The molecule has 0 unspecified atom stereocenters. The van der Waals surface area contributed by atoms with Crippen LogP contribution in [0.15, 0.2) is 4.99 Å². The molecule has 0 aliphatic carbocycles. The maximum absolute atomic E-state index is 4.05. The molecule has 0 aromatic carbocycles. The van der Waals surface area contributed by atoms with E-state index in [-0.39, 0.29) is 23.9 Å². The molecule has 124 valence electrons. The second-order valence-electron chi connectivity index (χ2n) is 4.89. The first-order chi connectivity index (χ1) is 9.01. The van der Waals surface area contributed by atoms with E-state index in [0.29, 0.717) is 5.92 Å². The number of rotatable bonds is 5. The van der Waals surface area contributed by atoms with Crippen LogP contribution in [-0.4, -0.2) is 36.7 Å². The summed E-state index contributed by atoms with van der Waals surface area (Å²) in [7, 11) is 0. The van der Waals surface area contributed by atoms with E-state index in [1.54, 1.807) is 0 Å². The fraction of sp³-hybridized carbons (Fsp3) is 0.944. The molecule has 4 radical (unpaired) electrons. The van der Waals surface area contributed by atoms with Crippen LogP contribution < -0.4 is 0 Å². The van der Waals surface area contributed by atoms with E-state index >= 15 is 0 Å². The van der Waals surface area contributed by atoms with Crippen molar-refractivity contribution >= 4 is 30.1 Å².